The number of rotatable bonds is 7. The van der Waals surface area contributed by atoms with Crippen molar-refractivity contribution in [2.24, 2.45) is 0 Å². The van der Waals surface area contributed by atoms with Gasteiger partial charge in [0.05, 0.1) is 0 Å². The molecule has 4 rings (SSSR count). The lowest BCUT2D eigenvalue weighted by Gasteiger charge is -2.16. The lowest BCUT2D eigenvalue weighted by Crippen LogP contribution is -2.19. The highest BCUT2D eigenvalue weighted by molar-refractivity contribution is 8.00. The van der Waals surface area contributed by atoms with Gasteiger partial charge in [-0.15, -0.1) is 11.8 Å². The Bertz CT molecular complexity index is 1210. The highest BCUT2D eigenvalue weighted by atomic mass is 32.2. The summed E-state index contributed by atoms with van der Waals surface area (Å²) < 4.78 is 5.04. The number of aromatic nitrogens is 1. The number of aryl methyl sites for hydroxylation is 1. The normalized spacial score (nSPS) is 11.4. The molecule has 0 saturated heterocycles. The third-order valence-electron chi connectivity index (χ3n) is 4.62. The Morgan fingerprint density at radius 2 is 1.42 bits per heavy atom. The van der Waals surface area contributed by atoms with Crippen molar-refractivity contribution in [1.29, 1.82) is 0 Å². The van der Waals surface area contributed by atoms with Gasteiger partial charge in [-0.25, -0.2) is 4.79 Å². The molecule has 3 N–H and O–H groups in total. The van der Waals surface area contributed by atoms with Crippen LogP contribution in [0.25, 0.3) is 0 Å². The minimum Gasteiger partial charge on any atom is -0.360 e. The zero-order valence-electron chi connectivity index (χ0n) is 17.8. The second-order valence-electron chi connectivity index (χ2n) is 7.19. The standard InChI is InChI=1S/C25H22N4O3S/c1-17-16-22(29-32-17)28-24(30)23(18-8-4-2-5-9-18)33-21-14-12-20(13-15-21)27-25(31)26-19-10-6-3-7-11-19/h2-16,23H,1H3,(H2,26,27,31)(H,28,29,30). The van der Waals surface area contributed by atoms with Crippen LogP contribution in [0.3, 0.4) is 0 Å². The van der Waals surface area contributed by atoms with E-state index in [2.05, 4.69) is 21.1 Å². The van der Waals surface area contributed by atoms with Crippen LogP contribution in [0, 0.1) is 6.92 Å². The molecule has 1 heterocycles. The van der Waals surface area contributed by atoms with Crippen LogP contribution in [0.4, 0.5) is 22.0 Å². The second-order valence-corrected chi connectivity index (χ2v) is 8.37. The molecule has 0 fully saturated rings. The number of benzene rings is 3. The maximum atomic E-state index is 13.0. The Morgan fingerprint density at radius 1 is 0.818 bits per heavy atom. The summed E-state index contributed by atoms with van der Waals surface area (Å²) in [5.74, 6) is 0.792. The van der Waals surface area contributed by atoms with Crippen molar-refractivity contribution in [2.75, 3.05) is 16.0 Å². The summed E-state index contributed by atoms with van der Waals surface area (Å²) in [6, 6.07) is 27.4. The van der Waals surface area contributed by atoms with Gasteiger partial charge in [0, 0.05) is 22.3 Å². The molecule has 0 bridgehead atoms. The highest BCUT2D eigenvalue weighted by Crippen LogP contribution is 2.36. The number of amides is 3. The molecular weight excluding hydrogens is 436 g/mol. The van der Waals surface area contributed by atoms with Crippen LogP contribution in [0.1, 0.15) is 16.6 Å². The maximum absolute atomic E-state index is 13.0. The van der Waals surface area contributed by atoms with Crippen molar-refractivity contribution in [1.82, 2.24) is 5.16 Å². The molecule has 0 aliphatic rings. The molecule has 0 saturated carbocycles. The Morgan fingerprint density at radius 3 is 2.03 bits per heavy atom. The lowest BCUT2D eigenvalue weighted by molar-refractivity contribution is -0.115. The molecule has 0 spiro atoms. The van der Waals surface area contributed by atoms with Crippen LogP contribution in [0.5, 0.6) is 0 Å². The molecule has 166 valence electrons. The Labute approximate surface area is 195 Å². The third-order valence-corrected chi connectivity index (χ3v) is 5.88. The largest absolute Gasteiger partial charge is 0.360 e. The number of para-hydroxylation sites is 1. The molecular formula is C25H22N4O3S. The van der Waals surface area contributed by atoms with Crippen molar-refractivity contribution in [3.05, 3.63) is 102 Å². The predicted octanol–water partition coefficient (Wildman–Crippen LogP) is 6.10. The molecule has 8 heteroatoms. The molecule has 3 amide bonds. The number of hydrogen-bond donors (Lipinski definition) is 3. The molecule has 4 aromatic rings. The zero-order valence-corrected chi connectivity index (χ0v) is 18.6. The average molecular weight is 459 g/mol. The topological polar surface area (TPSA) is 96.3 Å². The number of urea groups is 1. The average Bonchev–Trinajstić information content (AvgIpc) is 3.24. The molecule has 0 aliphatic heterocycles. The molecule has 1 aromatic heterocycles. The molecule has 1 atom stereocenters. The number of anilines is 3. The minimum atomic E-state index is -0.497. The first-order valence-corrected chi connectivity index (χ1v) is 11.1. The van der Waals surface area contributed by atoms with Crippen molar-refractivity contribution in [2.45, 2.75) is 17.1 Å². The number of carbonyl (C=O) groups is 2. The molecule has 0 aliphatic carbocycles. The van der Waals surface area contributed by atoms with Crippen LogP contribution in [-0.2, 0) is 4.79 Å². The smallest absolute Gasteiger partial charge is 0.323 e. The summed E-state index contributed by atoms with van der Waals surface area (Å²) >= 11 is 1.41. The molecule has 1 unspecified atom stereocenters. The van der Waals surface area contributed by atoms with Crippen LogP contribution in [0.2, 0.25) is 0 Å². The lowest BCUT2D eigenvalue weighted by atomic mass is 10.1. The third kappa shape index (κ3) is 6.24. The number of nitrogens with zero attached hydrogens (tertiary/aromatic N) is 1. The van der Waals surface area contributed by atoms with Gasteiger partial charge in [-0.1, -0.05) is 53.7 Å². The van der Waals surface area contributed by atoms with Gasteiger partial charge in [0.15, 0.2) is 5.82 Å². The van der Waals surface area contributed by atoms with Gasteiger partial charge < -0.3 is 20.5 Å². The minimum absolute atomic E-state index is 0.205. The monoisotopic (exact) mass is 458 g/mol. The quantitative estimate of drug-likeness (QED) is 0.291. The van der Waals surface area contributed by atoms with E-state index < -0.39 is 5.25 Å². The summed E-state index contributed by atoms with van der Waals surface area (Å²) in [4.78, 5) is 26.1. The van der Waals surface area contributed by atoms with Gasteiger partial charge in [-0.3, -0.25) is 4.79 Å². The van der Waals surface area contributed by atoms with E-state index in [1.807, 2.05) is 72.8 Å². The van der Waals surface area contributed by atoms with E-state index in [1.165, 1.54) is 11.8 Å². The Balaban J connectivity index is 1.43. The first kappa shape index (κ1) is 22.2. The van der Waals surface area contributed by atoms with E-state index in [9.17, 15) is 9.59 Å². The van der Waals surface area contributed by atoms with Gasteiger partial charge in [0.1, 0.15) is 11.0 Å². The van der Waals surface area contributed by atoms with Crippen molar-refractivity contribution < 1.29 is 14.1 Å². The van der Waals surface area contributed by atoms with Gasteiger partial charge >= 0.3 is 6.03 Å². The Hall–Kier alpha value is -4.04. The summed E-state index contributed by atoms with van der Waals surface area (Å²) in [5.41, 5.74) is 2.22. The first-order chi connectivity index (χ1) is 16.1. The van der Waals surface area contributed by atoms with E-state index >= 15 is 0 Å². The van der Waals surface area contributed by atoms with Crippen LogP contribution < -0.4 is 16.0 Å². The van der Waals surface area contributed by atoms with Gasteiger partial charge in [-0.2, -0.15) is 0 Å². The van der Waals surface area contributed by atoms with Crippen molar-refractivity contribution in [3.63, 3.8) is 0 Å². The number of thioether (sulfide) groups is 1. The first-order valence-electron chi connectivity index (χ1n) is 10.3. The molecule has 3 aromatic carbocycles. The SMILES string of the molecule is Cc1cc(NC(=O)C(Sc2ccc(NC(=O)Nc3ccccc3)cc2)c2ccccc2)no1. The number of nitrogens with one attached hydrogen (secondary N) is 3. The van der Waals surface area contributed by atoms with Gasteiger partial charge in [-0.05, 0) is 48.9 Å². The van der Waals surface area contributed by atoms with E-state index in [0.717, 1.165) is 10.5 Å². The van der Waals surface area contributed by atoms with Crippen LogP contribution in [0.15, 0.2) is 100 Å². The van der Waals surface area contributed by atoms with E-state index in [0.29, 0.717) is 23.0 Å². The fourth-order valence-corrected chi connectivity index (χ4v) is 4.11. The second kappa shape index (κ2) is 10.5. The van der Waals surface area contributed by atoms with Crippen LogP contribution in [-0.4, -0.2) is 17.1 Å². The predicted molar refractivity (Wildman–Crippen MR) is 130 cm³/mol. The van der Waals surface area contributed by atoms with E-state index in [1.54, 1.807) is 25.1 Å². The van der Waals surface area contributed by atoms with E-state index in [-0.39, 0.29) is 11.9 Å². The number of carbonyl (C=O) groups excluding carboxylic acids is 2. The summed E-state index contributed by atoms with van der Waals surface area (Å²) in [6.45, 7) is 1.77. The van der Waals surface area contributed by atoms with Crippen LogP contribution >= 0.6 is 11.8 Å². The van der Waals surface area contributed by atoms with Crippen molar-refractivity contribution in [3.8, 4) is 0 Å². The van der Waals surface area contributed by atoms with Gasteiger partial charge in [0.25, 0.3) is 0 Å². The van der Waals surface area contributed by atoms with Crippen molar-refractivity contribution >= 4 is 40.9 Å². The molecule has 0 radical (unpaired) electrons. The molecule has 33 heavy (non-hydrogen) atoms. The van der Waals surface area contributed by atoms with Gasteiger partial charge in [0.2, 0.25) is 5.91 Å². The summed E-state index contributed by atoms with van der Waals surface area (Å²) in [7, 11) is 0. The summed E-state index contributed by atoms with van der Waals surface area (Å²) in [6.07, 6.45) is 0. The Kier molecular flexibility index (Phi) is 7.06. The fraction of sp³-hybridized carbons (Fsp3) is 0.0800. The summed E-state index contributed by atoms with van der Waals surface area (Å²) in [5, 5.41) is 11.7. The van der Waals surface area contributed by atoms with E-state index in [4.69, 9.17) is 4.52 Å². The number of hydrogen-bond acceptors (Lipinski definition) is 5. The zero-order chi connectivity index (χ0) is 23.0. The molecule has 7 nitrogen and oxygen atoms in total. The fourth-order valence-electron chi connectivity index (χ4n) is 3.09. The highest BCUT2D eigenvalue weighted by Gasteiger charge is 2.23. The maximum Gasteiger partial charge on any atom is 0.323 e.